The van der Waals surface area contributed by atoms with Gasteiger partial charge in [0.1, 0.15) is 24.3 Å². The first-order valence-corrected chi connectivity index (χ1v) is 10.6. The highest BCUT2D eigenvalue weighted by atomic mass is 35.5. The Bertz CT molecular complexity index is 1040. The van der Waals surface area contributed by atoms with E-state index in [4.69, 9.17) is 9.73 Å². The molecule has 1 unspecified atom stereocenters. The lowest BCUT2D eigenvalue weighted by atomic mass is 9.93. The fraction of sp³-hybridized carbons (Fsp3) is 0.280. The minimum Gasteiger partial charge on any atom is -1.00 e. The van der Waals surface area contributed by atoms with E-state index < -0.39 is 0 Å². The van der Waals surface area contributed by atoms with Gasteiger partial charge in [0.15, 0.2) is 5.70 Å². The van der Waals surface area contributed by atoms with Crippen molar-refractivity contribution in [1.29, 1.82) is 0 Å². The predicted molar refractivity (Wildman–Crippen MR) is 120 cm³/mol. The molecule has 3 aliphatic heterocycles. The highest BCUT2D eigenvalue weighted by molar-refractivity contribution is 5.98. The summed E-state index contributed by atoms with van der Waals surface area (Å²) in [5.74, 6) is 2.40. The van der Waals surface area contributed by atoms with Crippen LogP contribution >= 0.6 is 0 Å². The summed E-state index contributed by atoms with van der Waals surface area (Å²) in [6.07, 6.45) is 8.24. The van der Waals surface area contributed by atoms with Crippen LogP contribution in [0.2, 0.25) is 0 Å². The molecule has 1 saturated heterocycles. The Balaban J connectivity index is 0.00000231. The summed E-state index contributed by atoms with van der Waals surface area (Å²) >= 11 is 0. The van der Waals surface area contributed by atoms with Crippen molar-refractivity contribution in [2.75, 3.05) is 20.1 Å². The maximum atomic E-state index is 6.06. The molecule has 2 aromatic rings. The number of amidine groups is 1. The van der Waals surface area contributed by atoms with Crippen LogP contribution in [0.15, 0.2) is 88.4 Å². The Labute approximate surface area is 189 Å². The molecule has 2 aromatic carbocycles. The molecule has 0 saturated carbocycles. The first kappa shape index (κ1) is 21.5. The van der Waals surface area contributed by atoms with Gasteiger partial charge in [-0.05, 0) is 56.7 Å². The lowest BCUT2D eigenvalue weighted by Crippen LogP contribution is -3.08. The molecule has 1 atom stereocenters. The molecule has 6 heteroatoms. The van der Waals surface area contributed by atoms with Crippen LogP contribution in [0.3, 0.4) is 0 Å². The molecule has 160 valence electrons. The zero-order valence-corrected chi connectivity index (χ0v) is 18.4. The van der Waals surface area contributed by atoms with Gasteiger partial charge in [-0.2, -0.15) is 4.99 Å². The number of likely N-dealkylation sites (tertiary alicyclic amines) is 1. The quantitative estimate of drug-likeness (QED) is 0.721. The molecular weight excluding hydrogens is 408 g/mol. The smallest absolute Gasteiger partial charge is 0.243 e. The first-order chi connectivity index (χ1) is 14.8. The van der Waals surface area contributed by atoms with E-state index in [-0.39, 0.29) is 12.4 Å². The fourth-order valence-electron chi connectivity index (χ4n) is 4.33. The molecule has 0 aromatic heterocycles. The summed E-state index contributed by atoms with van der Waals surface area (Å²) in [6.45, 7) is 2.80. The number of hydrogen-bond acceptors (Lipinski definition) is 4. The Morgan fingerprint density at radius 1 is 1.06 bits per heavy atom. The number of ether oxygens (including phenoxy) is 1. The second-order valence-corrected chi connectivity index (χ2v) is 8.15. The molecule has 3 aliphatic rings. The number of halogens is 1. The fourth-order valence-corrected chi connectivity index (χ4v) is 4.33. The largest absolute Gasteiger partial charge is 1.00 e. The van der Waals surface area contributed by atoms with Gasteiger partial charge in [-0.25, -0.2) is 4.90 Å². The van der Waals surface area contributed by atoms with Crippen LogP contribution in [0.4, 0.5) is 0 Å². The van der Waals surface area contributed by atoms with Gasteiger partial charge in [0, 0.05) is 5.92 Å². The average Bonchev–Trinajstić information content (AvgIpc) is 3.19. The van der Waals surface area contributed by atoms with E-state index in [1.807, 2.05) is 42.7 Å². The highest BCUT2D eigenvalue weighted by Crippen LogP contribution is 2.29. The molecule has 5 rings (SSSR count). The normalized spacial score (nSPS) is 20.9. The molecule has 0 spiro atoms. The molecule has 3 heterocycles. The van der Waals surface area contributed by atoms with Gasteiger partial charge < -0.3 is 22.0 Å². The van der Waals surface area contributed by atoms with Crippen LogP contribution in [0.5, 0.6) is 5.75 Å². The van der Waals surface area contributed by atoms with Gasteiger partial charge in [-0.3, -0.25) is 4.99 Å². The lowest BCUT2D eigenvalue weighted by molar-refractivity contribution is -0.689. The van der Waals surface area contributed by atoms with Crippen LogP contribution < -0.4 is 22.0 Å². The third kappa shape index (κ3) is 4.64. The number of allylic oxidation sites excluding steroid dienone is 2. The van der Waals surface area contributed by atoms with E-state index in [0.717, 1.165) is 48.6 Å². The molecular formula is C25H27ClN4O. The monoisotopic (exact) mass is 434 g/mol. The van der Waals surface area contributed by atoms with E-state index in [0.29, 0.717) is 12.5 Å². The molecule has 0 aliphatic carbocycles. The van der Waals surface area contributed by atoms with Crippen molar-refractivity contribution in [3.63, 3.8) is 0 Å². The molecule has 1 N–H and O–H groups in total. The van der Waals surface area contributed by atoms with Crippen LogP contribution in [0, 0.1) is 5.92 Å². The molecule has 0 bridgehead atoms. The Morgan fingerprint density at radius 2 is 1.87 bits per heavy atom. The number of nitrogens with one attached hydrogen (secondary N) is 1. The summed E-state index contributed by atoms with van der Waals surface area (Å²) in [5, 5.41) is 0. The minimum atomic E-state index is 0. The predicted octanol–water partition coefficient (Wildman–Crippen LogP) is 0.0237. The molecule has 0 radical (unpaired) electrons. The number of hydrogen-bond donors (Lipinski definition) is 1. The van der Waals surface area contributed by atoms with E-state index >= 15 is 0 Å². The van der Waals surface area contributed by atoms with Gasteiger partial charge >= 0.3 is 0 Å². The molecule has 31 heavy (non-hydrogen) atoms. The van der Waals surface area contributed by atoms with Gasteiger partial charge in [-0.1, -0.05) is 36.4 Å². The van der Waals surface area contributed by atoms with Crippen molar-refractivity contribution >= 4 is 12.1 Å². The molecule has 0 amide bonds. The summed E-state index contributed by atoms with van der Waals surface area (Å²) < 4.78 is 6.06. The van der Waals surface area contributed by atoms with E-state index in [9.17, 15) is 0 Å². The molecule has 1 fully saturated rings. The summed E-state index contributed by atoms with van der Waals surface area (Å²) in [7, 11) is 2.20. The van der Waals surface area contributed by atoms with Crippen LogP contribution in [-0.4, -0.2) is 37.1 Å². The zero-order valence-electron chi connectivity index (χ0n) is 17.7. The molecule has 5 nitrogen and oxygen atoms in total. The topological polar surface area (TPSA) is 41.6 Å². The third-order valence-electron chi connectivity index (χ3n) is 6.05. The van der Waals surface area contributed by atoms with Crippen LogP contribution in [0.25, 0.3) is 0 Å². The number of piperidine rings is 1. The van der Waals surface area contributed by atoms with Crippen molar-refractivity contribution in [1.82, 2.24) is 4.90 Å². The maximum Gasteiger partial charge on any atom is 0.243 e. The maximum absolute atomic E-state index is 6.06. The summed E-state index contributed by atoms with van der Waals surface area (Å²) in [6, 6.07) is 18.5. The summed E-state index contributed by atoms with van der Waals surface area (Å²) in [5.41, 5.74) is 4.65. The van der Waals surface area contributed by atoms with Crippen LogP contribution in [-0.2, 0) is 6.61 Å². The number of quaternary nitrogens is 1. The van der Waals surface area contributed by atoms with Crippen molar-refractivity contribution in [2.24, 2.45) is 15.9 Å². The number of rotatable bonds is 5. The first-order valence-electron chi connectivity index (χ1n) is 10.6. The third-order valence-corrected chi connectivity index (χ3v) is 6.05. The van der Waals surface area contributed by atoms with E-state index in [1.54, 1.807) is 0 Å². The van der Waals surface area contributed by atoms with Crippen molar-refractivity contribution in [2.45, 2.75) is 19.4 Å². The Morgan fingerprint density at radius 3 is 2.68 bits per heavy atom. The zero-order chi connectivity index (χ0) is 20.3. The van der Waals surface area contributed by atoms with Gasteiger partial charge in [0.2, 0.25) is 5.84 Å². The van der Waals surface area contributed by atoms with Gasteiger partial charge in [0.25, 0.3) is 0 Å². The van der Waals surface area contributed by atoms with Crippen LogP contribution in [0.1, 0.15) is 24.0 Å². The second kappa shape index (κ2) is 9.60. The number of aliphatic imine (C=N–C) groups is 2. The minimum absolute atomic E-state index is 0. The lowest BCUT2D eigenvalue weighted by Gasteiger charge is -2.28. The highest BCUT2D eigenvalue weighted by Gasteiger charge is 2.37. The Kier molecular flexibility index (Phi) is 6.66. The Hall–Kier alpha value is -2.73. The van der Waals surface area contributed by atoms with E-state index in [1.165, 1.54) is 16.3 Å². The summed E-state index contributed by atoms with van der Waals surface area (Å²) in [4.78, 5) is 13.1. The number of fused-ring (bicyclic) bond motifs is 1. The van der Waals surface area contributed by atoms with Crippen molar-refractivity contribution < 1.29 is 22.0 Å². The van der Waals surface area contributed by atoms with E-state index in [2.05, 4.69) is 47.4 Å². The van der Waals surface area contributed by atoms with Crippen molar-refractivity contribution in [3.8, 4) is 5.75 Å². The van der Waals surface area contributed by atoms with Gasteiger partial charge in [0.05, 0.1) is 18.0 Å². The SMILES string of the molecule is CN1CCC(C2=C3C=NC=C[NH+]3C(c3cccc(OCc4ccccc4)c3)=N2)CC1.[Cl-]. The second-order valence-electron chi connectivity index (χ2n) is 8.15. The van der Waals surface area contributed by atoms with Crippen molar-refractivity contribution in [3.05, 3.63) is 89.5 Å². The number of benzene rings is 2. The standard InChI is InChI=1S/C25H26N4O.ClH/c1-28-13-10-20(11-14-28)24-23-17-26-12-15-29(23)25(27-24)21-8-5-9-22(16-21)30-18-19-6-3-2-4-7-19;/h2-9,12,15-17,20H,10-11,13-14,18H2,1H3;1H. The van der Waals surface area contributed by atoms with Gasteiger partial charge in [-0.15, -0.1) is 0 Å². The average molecular weight is 435 g/mol. The number of nitrogens with zero attached hydrogens (tertiary/aromatic N) is 3.